The van der Waals surface area contributed by atoms with Crippen molar-refractivity contribution in [3.8, 4) is 0 Å². The molecule has 0 heterocycles. The van der Waals surface area contributed by atoms with E-state index in [1.807, 2.05) is 0 Å². The van der Waals surface area contributed by atoms with E-state index in [1.165, 1.54) is 0 Å². The third kappa shape index (κ3) is 1.87. The monoisotopic (exact) mass is 212 g/mol. The van der Waals surface area contributed by atoms with Crippen molar-refractivity contribution in [3.63, 3.8) is 0 Å². The number of hydrogen-bond acceptors (Lipinski definition) is 1. The van der Waals surface area contributed by atoms with Crippen molar-refractivity contribution in [1.29, 1.82) is 0 Å². The van der Waals surface area contributed by atoms with Gasteiger partial charge in [0, 0.05) is 5.92 Å². The van der Waals surface area contributed by atoms with E-state index in [2.05, 4.69) is 0 Å². The average Bonchev–Trinajstić information content (AvgIpc) is 2.57. The molecule has 0 spiro atoms. The molecule has 0 N–H and O–H groups in total. The molecule has 0 aromatic carbocycles. The Kier molecular flexibility index (Phi) is 2.45. The lowest BCUT2D eigenvalue weighted by Crippen LogP contribution is -2.28. The Morgan fingerprint density at radius 1 is 1.21 bits per heavy atom. The highest BCUT2D eigenvalue weighted by molar-refractivity contribution is 4.98. The normalized spacial score (nSPS) is 42.0. The van der Waals surface area contributed by atoms with E-state index in [4.69, 9.17) is 4.74 Å². The SMILES string of the molecule is F[C@@H]1[C@H]2CC[C@@H]1[C@@H](OCC(F)(F)F)C2. The summed E-state index contributed by atoms with van der Waals surface area (Å²) in [6.07, 6.45) is -3.81. The van der Waals surface area contributed by atoms with Gasteiger partial charge in [-0.2, -0.15) is 13.2 Å². The lowest BCUT2D eigenvalue weighted by Gasteiger charge is -2.22. The van der Waals surface area contributed by atoms with Crippen molar-refractivity contribution in [2.75, 3.05) is 6.61 Å². The standard InChI is InChI=1S/C9H12F4O/c10-8-5-1-2-6(8)7(3-5)14-4-9(11,12)13/h5-8H,1-4H2/t5-,6+,7-,8+/m0/s1. The molecule has 14 heavy (non-hydrogen) atoms. The summed E-state index contributed by atoms with van der Waals surface area (Å²) in [6.45, 7) is -1.24. The van der Waals surface area contributed by atoms with Crippen LogP contribution in [0, 0.1) is 11.8 Å². The average molecular weight is 212 g/mol. The second kappa shape index (κ2) is 3.36. The van der Waals surface area contributed by atoms with E-state index in [9.17, 15) is 17.6 Å². The van der Waals surface area contributed by atoms with Crippen LogP contribution in [0.2, 0.25) is 0 Å². The van der Waals surface area contributed by atoms with Crippen molar-refractivity contribution in [1.82, 2.24) is 0 Å². The molecule has 0 radical (unpaired) electrons. The Morgan fingerprint density at radius 3 is 2.36 bits per heavy atom. The molecule has 0 amide bonds. The number of fused-ring (bicyclic) bond motifs is 2. The third-order valence-electron chi connectivity index (χ3n) is 3.20. The van der Waals surface area contributed by atoms with Crippen LogP contribution in [0.5, 0.6) is 0 Å². The summed E-state index contributed by atoms with van der Waals surface area (Å²) in [5, 5.41) is 0. The molecule has 0 aliphatic heterocycles. The highest BCUT2D eigenvalue weighted by Gasteiger charge is 2.49. The first-order valence-corrected chi connectivity index (χ1v) is 4.80. The number of alkyl halides is 4. The van der Waals surface area contributed by atoms with Crippen molar-refractivity contribution in [2.45, 2.75) is 37.7 Å². The highest BCUT2D eigenvalue weighted by atomic mass is 19.4. The summed E-state index contributed by atoms with van der Waals surface area (Å²) in [6, 6.07) is 0. The van der Waals surface area contributed by atoms with Crippen LogP contribution in [-0.2, 0) is 4.74 Å². The van der Waals surface area contributed by atoms with Crippen molar-refractivity contribution < 1.29 is 22.3 Å². The molecule has 0 unspecified atom stereocenters. The Hall–Kier alpha value is -0.320. The smallest absolute Gasteiger partial charge is 0.368 e. The second-order valence-corrected chi connectivity index (χ2v) is 4.15. The first-order valence-electron chi connectivity index (χ1n) is 4.80. The molecule has 4 atom stereocenters. The molecule has 0 aromatic heterocycles. The zero-order valence-corrected chi connectivity index (χ0v) is 7.56. The van der Waals surface area contributed by atoms with Crippen molar-refractivity contribution in [3.05, 3.63) is 0 Å². The van der Waals surface area contributed by atoms with E-state index in [0.717, 1.165) is 6.42 Å². The minimum atomic E-state index is -4.30. The van der Waals surface area contributed by atoms with E-state index < -0.39 is 25.1 Å². The van der Waals surface area contributed by atoms with Gasteiger partial charge in [0.25, 0.3) is 0 Å². The predicted molar refractivity (Wildman–Crippen MR) is 41.5 cm³/mol. The van der Waals surface area contributed by atoms with Gasteiger partial charge in [0.1, 0.15) is 12.8 Å². The molecule has 2 rings (SSSR count). The van der Waals surface area contributed by atoms with Gasteiger partial charge in [-0.3, -0.25) is 0 Å². The summed E-state index contributed by atoms with van der Waals surface area (Å²) in [5.41, 5.74) is 0. The van der Waals surface area contributed by atoms with Crippen molar-refractivity contribution in [2.24, 2.45) is 11.8 Å². The van der Waals surface area contributed by atoms with Gasteiger partial charge in [-0.05, 0) is 25.2 Å². The molecular weight excluding hydrogens is 200 g/mol. The fourth-order valence-electron chi connectivity index (χ4n) is 2.58. The first-order chi connectivity index (χ1) is 6.47. The largest absolute Gasteiger partial charge is 0.411 e. The molecule has 1 nitrogen and oxygen atoms in total. The minimum Gasteiger partial charge on any atom is -0.368 e. The molecule has 2 bridgehead atoms. The van der Waals surface area contributed by atoms with Gasteiger partial charge in [-0.1, -0.05) is 0 Å². The van der Waals surface area contributed by atoms with Crippen LogP contribution in [0.3, 0.4) is 0 Å². The summed E-state index contributed by atoms with van der Waals surface area (Å²) in [4.78, 5) is 0. The fourth-order valence-corrected chi connectivity index (χ4v) is 2.58. The lowest BCUT2D eigenvalue weighted by molar-refractivity contribution is -0.190. The highest BCUT2D eigenvalue weighted by Crippen LogP contribution is 2.48. The molecule has 2 aliphatic rings. The van der Waals surface area contributed by atoms with Crippen LogP contribution >= 0.6 is 0 Å². The number of hydrogen-bond donors (Lipinski definition) is 0. The molecule has 0 aromatic rings. The van der Waals surface area contributed by atoms with Gasteiger partial charge in [-0.25, -0.2) is 4.39 Å². The van der Waals surface area contributed by atoms with Gasteiger partial charge < -0.3 is 4.74 Å². The summed E-state index contributed by atoms with van der Waals surface area (Å²) < 4.78 is 53.5. The number of halogens is 4. The maximum atomic E-state index is 13.3. The van der Waals surface area contributed by atoms with Crippen LogP contribution < -0.4 is 0 Å². The summed E-state index contributed by atoms with van der Waals surface area (Å²) >= 11 is 0. The number of ether oxygens (including phenoxy) is 1. The molecule has 2 fully saturated rings. The van der Waals surface area contributed by atoms with Gasteiger partial charge in [-0.15, -0.1) is 0 Å². The molecule has 2 aliphatic carbocycles. The van der Waals surface area contributed by atoms with Crippen LogP contribution in [0.25, 0.3) is 0 Å². The van der Waals surface area contributed by atoms with Gasteiger partial charge in [0.05, 0.1) is 6.10 Å². The van der Waals surface area contributed by atoms with Crippen LogP contribution in [0.4, 0.5) is 17.6 Å². The molecule has 2 saturated carbocycles. The number of rotatable bonds is 2. The maximum absolute atomic E-state index is 13.3. The molecular formula is C9H12F4O. The van der Waals surface area contributed by atoms with E-state index in [0.29, 0.717) is 12.8 Å². The first kappa shape index (κ1) is 10.2. The Morgan fingerprint density at radius 2 is 1.93 bits per heavy atom. The summed E-state index contributed by atoms with van der Waals surface area (Å²) in [7, 11) is 0. The van der Waals surface area contributed by atoms with Crippen LogP contribution in [0.1, 0.15) is 19.3 Å². The molecule has 0 saturated heterocycles. The zero-order valence-electron chi connectivity index (χ0n) is 7.56. The topological polar surface area (TPSA) is 9.23 Å². The van der Waals surface area contributed by atoms with E-state index in [-0.39, 0.29) is 11.8 Å². The lowest BCUT2D eigenvalue weighted by atomic mass is 9.98. The van der Waals surface area contributed by atoms with Crippen molar-refractivity contribution >= 4 is 0 Å². The molecule has 82 valence electrons. The molecule has 5 heteroatoms. The quantitative estimate of drug-likeness (QED) is 0.639. The zero-order chi connectivity index (χ0) is 10.3. The minimum absolute atomic E-state index is 0.0572. The van der Waals surface area contributed by atoms with Gasteiger partial charge in [0.15, 0.2) is 0 Å². The third-order valence-corrected chi connectivity index (χ3v) is 3.20. The Labute approximate surface area is 79.4 Å². The van der Waals surface area contributed by atoms with Gasteiger partial charge in [0.2, 0.25) is 0 Å². The maximum Gasteiger partial charge on any atom is 0.411 e. The van der Waals surface area contributed by atoms with Crippen LogP contribution in [-0.4, -0.2) is 25.1 Å². The van der Waals surface area contributed by atoms with Gasteiger partial charge >= 0.3 is 6.18 Å². The van der Waals surface area contributed by atoms with E-state index >= 15 is 0 Å². The summed E-state index contributed by atoms with van der Waals surface area (Å²) in [5.74, 6) is -0.347. The predicted octanol–water partition coefficient (Wildman–Crippen LogP) is 2.70. The Balaban J connectivity index is 1.84. The van der Waals surface area contributed by atoms with Crippen LogP contribution in [0.15, 0.2) is 0 Å². The second-order valence-electron chi connectivity index (χ2n) is 4.15. The fraction of sp³-hybridized carbons (Fsp3) is 1.00. The Bertz CT molecular complexity index is 215. The van der Waals surface area contributed by atoms with E-state index in [1.54, 1.807) is 0 Å².